The van der Waals surface area contributed by atoms with E-state index in [1.165, 1.54) is 30.5 Å². The SMILES string of the molecule is CC(O)(C(F)F)C(NC(=O)c1ccc(C#CC2CCCC2)cc1)C(=O)NO. The van der Waals surface area contributed by atoms with E-state index < -0.39 is 29.9 Å². The lowest BCUT2D eigenvalue weighted by atomic mass is 9.95. The molecule has 27 heavy (non-hydrogen) atoms. The molecule has 146 valence electrons. The second kappa shape index (κ2) is 8.93. The van der Waals surface area contributed by atoms with E-state index in [1.54, 1.807) is 12.1 Å². The fraction of sp³-hybridized carbons (Fsp3) is 0.474. The van der Waals surface area contributed by atoms with Gasteiger partial charge in [-0.1, -0.05) is 24.7 Å². The first kappa shape index (κ1) is 20.8. The molecule has 8 heteroatoms. The molecule has 2 atom stereocenters. The molecule has 1 saturated carbocycles. The molecule has 1 aliphatic rings. The summed E-state index contributed by atoms with van der Waals surface area (Å²) in [6.07, 6.45) is 1.22. The fourth-order valence-electron chi connectivity index (χ4n) is 2.84. The lowest BCUT2D eigenvalue weighted by Gasteiger charge is -2.30. The van der Waals surface area contributed by atoms with Gasteiger partial charge < -0.3 is 10.4 Å². The van der Waals surface area contributed by atoms with E-state index in [2.05, 4.69) is 11.8 Å². The van der Waals surface area contributed by atoms with Crippen molar-refractivity contribution < 1.29 is 28.7 Å². The van der Waals surface area contributed by atoms with Gasteiger partial charge in [-0.15, -0.1) is 0 Å². The Kier molecular flexibility index (Phi) is 6.88. The van der Waals surface area contributed by atoms with E-state index in [0.717, 1.165) is 12.8 Å². The molecule has 2 unspecified atom stereocenters. The minimum absolute atomic E-state index is 0.0993. The highest BCUT2D eigenvalue weighted by Crippen LogP contribution is 2.24. The number of rotatable bonds is 5. The number of aliphatic hydroxyl groups is 1. The molecule has 1 aromatic rings. The number of halogens is 2. The highest BCUT2D eigenvalue weighted by Gasteiger charge is 2.46. The van der Waals surface area contributed by atoms with Crippen molar-refractivity contribution in [2.45, 2.75) is 50.7 Å². The van der Waals surface area contributed by atoms with Crippen molar-refractivity contribution in [3.63, 3.8) is 0 Å². The second-order valence-corrected chi connectivity index (χ2v) is 6.74. The monoisotopic (exact) mass is 380 g/mol. The molecule has 0 saturated heterocycles. The first-order chi connectivity index (χ1) is 12.8. The molecule has 0 spiro atoms. The molecule has 0 aliphatic heterocycles. The minimum atomic E-state index is -3.33. The Hall–Kier alpha value is -2.50. The van der Waals surface area contributed by atoms with Crippen molar-refractivity contribution in [2.75, 3.05) is 0 Å². The maximum Gasteiger partial charge on any atom is 0.269 e. The van der Waals surface area contributed by atoms with Gasteiger partial charge in [-0.25, -0.2) is 14.3 Å². The highest BCUT2D eigenvalue weighted by molar-refractivity contribution is 5.97. The number of alkyl halides is 2. The van der Waals surface area contributed by atoms with E-state index in [-0.39, 0.29) is 5.56 Å². The van der Waals surface area contributed by atoms with Crippen LogP contribution < -0.4 is 10.8 Å². The summed E-state index contributed by atoms with van der Waals surface area (Å²) < 4.78 is 26.0. The third kappa shape index (κ3) is 5.25. The Morgan fingerprint density at radius 2 is 1.81 bits per heavy atom. The molecule has 0 radical (unpaired) electrons. The van der Waals surface area contributed by atoms with E-state index in [1.807, 2.05) is 5.32 Å². The normalized spacial score (nSPS) is 17.6. The summed E-state index contributed by atoms with van der Waals surface area (Å²) >= 11 is 0. The summed E-state index contributed by atoms with van der Waals surface area (Å²) in [4.78, 5) is 23.9. The summed E-state index contributed by atoms with van der Waals surface area (Å²) in [6.45, 7) is 0.694. The van der Waals surface area contributed by atoms with Crippen molar-refractivity contribution >= 4 is 11.8 Å². The van der Waals surface area contributed by atoms with Gasteiger partial charge in [0.1, 0.15) is 6.04 Å². The van der Waals surface area contributed by atoms with Crippen molar-refractivity contribution in [1.29, 1.82) is 0 Å². The van der Waals surface area contributed by atoms with Crippen molar-refractivity contribution in [3.05, 3.63) is 35.4 Å². The number of hydrogen-bond donors (Lipinski definition) is 4. The summed E-state index contributed by atoms with van der Waals surface area (Å²) in [5, 5.41) is 20.5. The van der Waals surface area contributed by atoms with Gasteiger partial charge in [-0.05, 0) is 44.0 Å². The number of carbonyl (C=O) groups excluding carboxylic acids is 2. The maximum absolute atomic E-state index is 13.0. The second-order valence-electron chi connectivity index (χ2n) is 6.74. The Balaban J connectivity index is 2.10. The smallest absolute Gasteiger partial charge is 0.269 e. The Bertz CT molecular complexity index is 732. The minimum Gasteiger partial charge on any atom is -0.381 e. The van der Waals surface area contributed by atoms with Crippen LogP contribution in [0.3, 0.4) is 0 Å². The van der Waals surface area contributed by atoms with Crippen LogP contribution in [0.4, 0.5) is 8.78 Å². The van der Waals surface area contributed by atoms with Gasteiger partial charge in [0.25, 0.3) is 18.2 Å². The van der Waals surface area contributed by atoms with Crippen molar-refractivity contribution in [1.82, 2.24) is 10.8 Å². The Morgan fingerprint density at radius 3 is 2.33 bits per heavy atom. The quantitative estimate of drug-likeness (QED) is 0.356. The first-order valence-electron chi connectivity index (χ1n) is 8.62. The van der Waals surface area contributed by atoms with Crippen LogP contribution in [0.1, 0.15) is 48.5 Å². The molecule has 6 nitrogen and oxygen atoms in total. The molecule has 0 heterocycles. The average molecular weight is 380 g/mol. The van der Waals surface area contributed by atoms with Crippen LogP contribution in [-0.4, -0.2) is 40.2 Å². The predicted molar refractivity (Wildman–Crippen MR) is 93.1 cm³/mol. The Morgan fingerprint density at radius 1 is 1.22 bits per heavy atom. The lowest BCUT2D eigenvalue weighted by molar-refractivity contribution is -0.149. The number of benzene rings is 1. The number of carbonyl (C=O) groups is 2. The summed E-state index contributed by atoms with van der Waals surface area (Å²) in [5.74, 6) is 4.42. The van der Waals surface area contributed by atoms with E-state index >= 15 is 0 Å². The fourth-order valence-corrected chi connectivity index (χ4v) is 2.84. The van der Waals surface area contributed by atoms with Gasteiger partial charge in [0, 0.05) is 17.0 Å². The summed E-state index contributed by atoms with van der Waals surface area (Å²) in [5.41, 5.74) is -0.886. The molecular formula is C19H22F2N2O4. The zero-order valence-electron chi connectivity index (χ0n) is 14.8. The van der Waals surface area contributed by atoms with Crippen molar-refractivity contribution in [3.8, 4) is 11.8 Å². The zero-order valence-corrected chi connectivity index (χ0v) is 14.8. The zero-order chi connectivity index (χ0) is 20.0. The van der Waals surface area contributed by atoms with Crippen LogP contribution in [0.25, 0.3) is 0 Å². The van der Waals surface area contributed by atoms with Crippen molar-refractivity contribution in [2.24, 2.45) is 5.92 Å². The highest BCUT2D eigenvalue weighted by atomic mass is 19.3. The summed E-state index contributed by atoms with van der Waals surface area (Å²) in [7, 11) is 0. The van der Waals surface area contributed by atoms with Gasteiger partial charge in [0.2, 0.25) is 0 Å². The van der Waals surface area contributed by atoms with E-state index in [0.29, 0.717) is 18.4 Å². The van der Waals surface area contributed by atoms with Gasteiger partial charge in [-0.3, -0.25) is 14.8 Å². The van der Waals surface area contributed by atoms with Gasteiger partial charge >= 0.3 is 0 Å². The topological polar surface area (TPSA) is 98.7 Å². The van der Waals surface area contributed by atoms with Crippen LogP contribution in [-0.2, 0) is 4.79 Å². The summed E-state index contributed by atoms with van der Waals surface area (Å²) in [6, 6.07) is 4.07. The van der Waals surface area contributed by atoms with Gasteiger partial charge in [0.15, 0.2) is 5.60 Å². The average Bonchev–Trinajstić information content (AvgIpc) is 3.17. The van der Waals surface area contributed by atoms with Crippen LogP contribution in [0.2, 0.25) is 0 Å². The number of hydroxylamine groups is 1. The number of hydrogen-bond acceptors (Lipinski definition) is 4. The molecule has 1 aromatic carbocycles. The van der Waals surface area contributed by atoms with Crippen LogP contribution in [0, 0.1) is 17.8 Å². The first-order valence-corrected chi connectivity index (χ1v) is 8.62. The van der Waals surface area contributed by atoms with Crippen LogP contribution >= 0.6 is 0 Å². The van der Waals surface area contributed by atoms with Crippen LogP contribution in [0.15, 0.2) is 24.3 Å². The van der Waals surface area contributed by atoms with E-state index in [4.69, 9.17) is 5.21 Å². The predicted octanol–water partition coefficient (Wildman–Crippen LogP) is 1.85. The molecule has 1 fully saturated rings. The third-order valence-electron chi connectivity index (χ3n) is 4.60. The molecule has 4 N–H and O–H groups in total. The van der Waals surface area contributed by atoms with Gasteiger partial charge in [-0.2, -0.15) is 0 Å². The molecule has 0 bridgehead atoms. The largest absolute Gasteiger partial charge is 0.381 e. The lowest BCUT2D eigenvalue weighted by Crippen LogP contribution is -2.61. The molecule has 2 rings (SSSR count). The standard InChI is InChI=1S/C19H22F2N2O4/c1-19(26,18(20)21)15(17(25)23-27)22-16(24)14-10-8-13(9-11-14)7-6-12-4-2-3-5-12/h8-12,15,18,26-27H,2-5H2,1H3,(H,22,24)(H,23,25). The molecule has 2 amide bonds. The number of nitrogens with one attached hydrogen (secondary N) is 2. The molecule has 1 aliphatic carbocycles. The molecule has 0 aromatic heterocycles. The Labute approximate surface area is 155 Å². The molecular weight excluding hydrogens is 358 g/mol. The van der Waals surface area contributed by atoms with E-state index in [9.17, 15) is 23.5 Å². The van der Waals surface area contributed by atoms with Gasteiger partial charge in [0.05, 0.1) is 0 Å². The maximum atomic E-state index is 13.0. The number of amides is 2. The van der Waals surface area contributed by atoms with Crippen LogP contribution in [0.5, 0.6) is 0 Å². The third-order valence-corrected chi connectivity index (χ3v) is 4.60.